The Hall–Kier alpha value is -2.74. The average Bonchev–Trinajstić information content (AvgIpc) is 3.18. The minimum atomic E-state index is -0.404. The minimum absolute atomic E-state index is 0.254. The summed E-state index contributed by atoms with van der Waals surface area (Å²) >= 11 is 12.6. The Labute approximate surface area is 203 Å². The zero-order valence-electron chi connectivity index (χ0n) is 19.1. The van der Waals surface area contributed by atoms with E-state index in [0.717, 1.165) is 19.6 Å². The molecule has 0 spiro atoms. The second-order valence-electron chi connectivity index (χ2n) is 7.25. The van der Waals surface area contributed by atoms with E-state index in [1.165, 1.54) is 0 Å². The first-order valence-corrected chi connectivity index (χ1v) is 11.4. The lowest BCUT2D eigenvalue weighted by Crippen LogP contribution is -2.28. The number of carbonyl (C=O) groups is 1. The van der Waals surface area contributed by atoms with Crippen LogP contribution < -0.4 is 14.8 Å². The molecule has 1 aromatic heterocycles. The summed E-state index contributed by atoms with van der Waals surface area (Å²) in [7, 11) is 1.57. The molecule has 0 aliphatic heterocycles. The van der Waals surface area contributed by atoms with E-state index in [9.17, 15) is 4.79 Å². The van der Waals surface area contributed by atoms with Crippen LogP contribution in [0.15, 0.2) is 40.9 Å². The second kappa shape index (κ2) is 11.4. The van der Waals surface area contributed by atoms with Crippen LogP contribution in [0.25, 0.3) is 11.3 Å². The number of aryl methyl sites for hydroxylation is 1. The number of rotatable bonds is 10. The second-order valence-corrected chi connectivity index (χ2v) is 8.07. The lowest BCUT2D eigenvalue weighted by molar-refractivity contribution is 0.102. The fourth-order valence-corrected chi connectivity index (χ4v) is 4.00. The van der Waals surface area contributed by atoms with Crippen LogP contribution in [0.2, 0.25) is 10.0 Å². The molecule has 2 aromatic carbocycles. The predicted octanol–water partition coefficient (Wildman–Crippen LogP) is 5.94. The smallest absolute Gasteiger partial charge is 0.261 e. The van der Waals surface area contributed by atoms with Crippen LogP contribution in [0.4, 0.5) is 5.69 Å². The van der Waals surface area contributed by atoms with Crippen molar-refractivity contribution in [3.05, 3.63) is 57.8 Å². The molecule has 1 N–H and O–H groups in total. The standard InChI is InChI=1S/C24H27Cl2N3O4/c1-5-29(6-2)12-13-32-20-14-16(10-11-19(20)31-4)27-24(30)21-15(3)33-28-23(21)22-17(25)8-7-9-18(22)26/h7-11,14H,5-6,12-13H2,1-4H3,(H,27,30). The average molecular weight is 492 g/mol. The van der Waals surface area contributed by atoms with E-state index in [1.54, 1.807) is 50.4 Å². The molecule has 0 saturated heterocycles. The number of likely N-dealkylation sites (N-methyl/N-ethyl adjacent to an activating group) is 1. The van der Waals surface area contributed by atoms with Gasteiger partial charge in [-0.15, -0.1) is 0 Å². The maximum Gasteiger partial charge on any atom is 0.261 e. The fraction of sp³-hybridized carbons (Fsp3) is 0.333. The summed E-state index contributed by atoms with van der Waals surface area (Å²) in [6.07, 6.45) is 0. The quantitative estimate of drug-likeness (QED) is 0.378. The van der Waals surface area contributed by atoms with Crippen molar-refractivity contribution in [1.82, 2.24) is 10.1 Å². The third kappa shape index (κ3) is 5.79. The topological polar surface area (TPSA) is 76.8 Å². The molecule has 0 aliphatic rings. The third-order valence-corrected chi connectivity index (χ3v) is 5.90. The molecule has 1 heterocycles. The molecule has 176 valence electrons. The zero-order chi connectivity index (χ0) is 24.0. The molecule has 7 nitrogen and oxygen atoms in total. The van der Waals surface area contributed by atoms with Gasteiger partial charge >= 0.3 is 0 Å². The number of methoxy groups -OCH3 is 1. The van der Waals surface area contributed by atoms with Gasteiger partial charge in [0.2, 0.25) is 0 Å². The summed E-state index contributed by atoms with van der Waals surface area (Å²) in [4.78, 5) is 15.4. The van der Waals surface area contributed by atoms with Gasteiger partial charge in [-0.05, 0) is 44.3 Å². The molecular formula is C24H27Cl2N3O4. The maximum absolute atomic E-state index is 13.2. The summed E-state index contributed by atoms with van der Waals surface area (Å²) in [5.41, 5.74) is 1.52. The van der Waals surface area contributed by atoms with Gasteiger partial charge in [0.1, 0.15) is 23.6 Å². The molecule has 0 fully saturated rings. The van der Waals surface area contributed by atoms with Gasteiger partial charge in [0.15, 0.2) is 11.5 Å². The van der Waals surface area contributed by atoms with E-state index in [-0.39, 0.29) is 11.3 Å². The number of halogens is 2. The van der Waals surface area contributed by atoms with Crippen LogP contribution in [0.1, 0.15) is 30.0 Å². The number of aromatic nitrogens is 1. The van der Waals surface area contributed by atoms with Gasteiger partial charge in [-0.1, -0.05) is 48.3 Å². The van der Waals surface area contributed by atoms with Gasteiger partial charge in [0.25, 0.3) is 5.91 Å². The number of nitrogens with zero attached hydrogens (tertiary/aromatic N) is 2. The number of anilines is 1. The first kappa shape index (κ1) is 24.9. The highest BCUT2D eigenvalue weighted by Gasteiger charge is 2.25. The molecule has 0 aliphatic carbocycles. The van der Waals surface area contributed by atoms with Crippen molar-refractivity contribution < 1.29 is 18.8 Å². The van der Waals surface area contributed by atoms with Crippen LogP contribution >= 0.6 is 23.2 Å². The van der Waals surface area contributed by atoms with Crippen LogP contribution in [-0.2, 0) is 0 Å². The fourth-order valence-electron chi connectivity index (χ4n) is 3.42. The van der Waals surface area contributed by atoms with Gasteiger partial charge < -0.3 is 24.2 Å². The maximum atomic E-state index is 13.2. The Morgan fingerprint density at radius 2 is 1.82 bits per heavy atom. The highest BCUT2D eigenvalue weighted by Crippen LogP contribution is 2.37. The van der Waals surface area contributed by atoms with Crippen molar-refractivity contribution in [1.29, 1.82) is 0 Å². The number of ether oxygens (including phenoxy) is 2. The largest absolute Gasteiger partial charge is 0.493 e. The summed E-state index contributed by atoms with van der Waals surface area (Å²) in [6, 6.07) is 10.3. The first-order chi connectivity index (χ1) is 15.9. The van der Waals surface area contributed by atoms with E-state index < -0.39 is 5.91 Å². The summed E-state index contributed by atoms with van der Waals surface area (Å²) in [5, 5.41) is 7.66. The van der Waals surface area contributed by atoms with Crippen molar-refractivity contribution in [3.8, 4) is 22.8 Å². The molecule has 3 rings (SSSR count). The Balaban J connectivity index is 1.83. The number of amides is 1. The van der Waals surface area contributed by atoms with Gasteiger partial charge in [-0.25, -0.2) is 0 Å². The monoisotopic (exact) mass is 491 g/mol. The Kier molecular flexibility index (Phi) is 8.61. The number of nitrogens with one attached hydrogen (secondary N) is 1. The van der Waals surface area contributed by atoms with E-state index in [1.807, 2.05) is 0 Å². The van der Waals surface area contributed by atoms with Gasteiger partial charge in [0, 0.05) is 23.9 Å². The van der Waals surface area contributed by atoms with E-state index in [2.05, 4.69) is 29.2 Å². The number of benzene rings is 2. The molecule has 0 unspecified atom stereocenters. The normalized spacial score (nSPS) is 11.0. The number of carbonyl (C=O) groups excluding carboxylic acids is 1. The van der Waals surface area contributed by atoms with Crippen LogP contribution in [0.5, 0.6) is 11.5 Å². The van der Waals surface area contributed by atoms with Crippen molar-refractivity contribution in [2.45, 2.75) is 20.8 Å². The van der Waals surface area contributed by atoms with E-state index in [4.69, 9.17) is 37.2 Å². The van der Waals surface area contributed by atoms with Crippen LogP contribution in [-0.4, -0.2) is 49.3 Å². The van der Waals surface area contributed by atoms with Crippen molar-refractivity contribution in [2.75, 3.05) is 38.7 Å². The zero-order valence-corrected chi connectivity index (χ0v) is 20.6. The van der Waals surface area contributed by atoms with E-state index in [0.29, 0.717) is 45.2 Å². The SMILES string of the molecule is CCN(CC)CCOc1cc(NC(=O)c2c(-c3c(Cl)cccc3Cl)noc2C)ccc1OC. The molecular weight excluding hydrogens is 465 g/mol. The predicted molar refractivity (Wildman–Crippen MR) is 131 cm³/mol. The van der Waals surface area contributed by atoms with Crippen molar-refractivity contribution >= 4 is 34.8 Å². The lowest BCUT2D eigenvalue weighted by Gasteiger charge is -2.19. The van der Waals surface area contributed by atoms with Gasteiger partial charge in [-0.2, -0.15) is 0 Å². The molecule has 0 saturated carbocycles. The third-order valence-electron chi connectivity index (χ3n) is 5.27. The number of hydrogen-bond donors (Lipinski definition) is 1. The molecule has 0 atom stereocenters. The first-order valence-electron chi connectivity index (χ1n) is 10.6. The molecule has 1 amide bonds. The molecule has 3 aromatic rings. The summed E-state index contributed by atoms with van der Waals surface area (Å²) < 4.78 is 16.6. The van der Waals surface area contributed by atoms with Crippen molar-refractivity contribution in [3.63, 3.8) is 0 Å². The summed E-state index contributed by atoms with van der Waals surface area (Å²) in [5.74, 6) is 1.07. The highest BCUT2D eigenvalue weighted by atomic mass is 35.5. The number of hydrogen-bond acceptors (Lipinski definition) is 6. The lowest BCUT2D eigenvalue weighted by atomic mass is 10.1. The van der Waals surface area contributed by atoms with Gasteiger partial charge in [0.05, 0.1) is 17.2 Å². The Morgan fingerprint density at radius 3 is 2.45 bits per heavy atom. The van der Waals surface area contributed by atoms with Crippen LogP contribution in [0, 0.1) is 6.92 Å². The molecule has 0 radical (unpaired) electrons. The van der Waals surface area contributed by atoms with Crippen LogP contribution in [0.3, 0.4) is 0 Å². The molecule has 0 bridgehead atoms. The minimum Gasteiger partial charge on any atom is -0.493 e. The molecule has 9 heteroatoms. The van der Waals surface area contributed by atoms with Crippen molar-refractivity contribution in [2.24, 2.45) is 0 Å². The van der Waals surface area contributed by atoms with E-state index >= 15 is 0 Å². The van der Waals surface area contributed by atoms with Gasteiger partial charge in [-0.3, -0.25) is 4.79 Å². The Bertz CT molecular complexity index is 1090. The highest BCUT2D eigenvalue weighted by molar-refractivity contribution is 6.39. The Morgan fingerprint density at radius 1 is 1.12 bits per heavy atom. The molecule has 33 heavy (non-hydrogen) atoms. The summed E-state index contributed by atoms with van der Waals surface area (Å²) in [6.45, 7) is 9.05.